The Morgan fingerprint density at radius 1 is 1.35 bits per heavy atom. The monoisotopic (exact) mass is 238 g/mol. The van der Waals surface area contributed by atoms with Crippen LogP contribution in [-0.2, 0) is 13.0 Å². The molecule has 0 aromatic carbocycles. The smallest absolute Gasteiger partial charge is 0.138 e. The Balaban J connectivity index is 2.23. The molecule has 0 aliphatic carbocycles. The number of aryl methyl sites for hydroxylation is 1. The Morgan fingerprint density at radius 3 is 2.76 bits per heavy atom. The SMILES string of the molecule is CCn1ncnc1CC(C)CCNCC(C)C. The molecule has 4 heteroatoms. The fourth-order valence-corrected chi connectivity index (χ4v) is 1.86. The average Bonchev–Trinajstić information content (AvgIpc) is 2.71. The van der Waals surface area contributed by atoms with Gasteiger partial charge < -0.3 is 5.32 Å². The van der Waals surface area contributed by atoms with Crippen molar-refractivity contribution in [2.75, 3.05) is 13.1 Å². The Kier molecular flexibility index (Phi) is 6.19. The first kappa shape index (κ1) is 14.2. The summed E-state index contributed by atoms with van der Waals surface area (Å²) in [7, 11) is 0. The van der Waals surface area contributed by atoms with Crippen molar-refractivity contribution in [3.63, 3.8) is 0 Å². The van der Waals surface area contributed by atoms with Gasteiger partial charge in [-0.3, -0.25) is 4.68 Å². The van der Waals surface area contributed by atoms with Crippen molar-refractivity contribution in [2.45, 2.75) is 47.1 Å². The van der Waals surface area contributed by atoms with Gasteiger partial charge in [0.2, 0.25) is 0 Å². The molecule has 17 heavy (non-hydrogen) atoms. The van der Waals surface area contributed by atoms with Crippen LogP contribution in [0.1, 0.15) is 39.9 Å². The first-order valence-corrected chi connectivity index (χ1v) is 6.70. The molecule has 0 aliphatic rings. The molecule has 0 saturated carbocycles. The van der Waals surface area contributed by atoms with Crippen LogP contribution in [-0.4, -0.2) is 27.9 Å². The quantitative estimate of drug-likeness (QED) is 0.705. The number of nitrogens with one attached hydrogen (secondary N) is 1. The minimum Gasteiger partial charge on any atom is -0.316 e. The fourth-order valence-electron chi connectivity index (χ4n) is 1.86. The van der Waals surface area contributed by atoms with Gasteiger partial charge in [0.25, 0.3) is 0 Å². The molecule has 98 valence electrons. The van der Waals surface area contributed by atoms with Gasteiger partial charge in [0.15, 0.2) is 0 Å². The lowest BCUT2D eigenvalue weighted by molar-refractivity contribution is 0.456. The van der Waals surface area contributed by atoms with E-state index >= 15 is 0 Å². The molecule has 1 heterocycles. The van der Waals surface area contributed by atoms with Crippen molar-refractivity contribution in [3.05, 3.63) is 12.2 Å². The Bertz CT molecular complexity index is 306. The molecular weight excluding hydrogens is 212 g/mol. The van der Waals surface area contributed by atoms with Crippen molar-refractivity contribution >= 4 is 0 Å². The van der Waals surface area contributed by atoms with Crippen molar-refractivity contribution < 1.29 is 0 Å². The van der Waals surface area contributed by atoms with Crippen LogP contribution < -0.4 is 5.32 Å². The van der Waals surface area contributed by atoms with E-state index in [1.54, 1.807) is 6.33 Å². The molecule has 0 aliphatic heterocycles. The minimum atomic E-state index is 0.657. The maximum absolute atomic E-state index is 4.31. The van der Waals surface area contributed by atoms with E-state index in [2.05, 4.69) is 43.1 Å². The van der Waals surface area contributed by atoms with Gasteiger partial charge in [-0.2, -0.15) is 5.10 Å². The van der Waals surface area contributed by atoms with Gasteiger partial charge in [0.1, 0.15) is 12.2 Å². The second-order valence-corrected chi connectivity index (χ2v) is 5.19. The topological polar surface area (TPSA) is 42.7 Å². The molecule has 1 N–H and O–H groups in total. The summed E-state index contributed by atoms with van der Waals surface area (Å²) < 4.78 is 1.98. The molecule has 4 nitrogen and oxygen atoms in total. The molecule has 1 aromatic rings. The van der Waals surface area contributed by atoms with Crippen LogP contribution in [0.25, 0.3) is 0 Å². The third-order valence-corrected chi connectivity index (χ3v) is 2.89. The van der Waals surface area contributed by atoms with Crippen molar-refractivity contribution in [3.8, 4) is 0 Å². The van der Waals surface area contributed by atoms with Crippen LogP contribution in [0.5, 0.6) is 0 Å². The molecule has 0 saturated heterocycles. The number of rotatable bonds is 8. The number of nitrogens with zero attached hydrogens (tertiary/aromatic N) is 3. The summed E-state index contributed by atoms with van der Waals surface area (Å²) >= 11 is 0. The maximum Gasteiger partial charge on any atom is 0.138 e. The Hall–Kier alpha value is -0.900. The summed E-state index contributed by atoms with van der Waals surface area (Å²) in [5.74, 6) is 2.50. The highest BCUT2D eigenvalue weighted by Crippen LogP contribution is 2.09. The lowest BCUT2D eigenvalue weighted by Gasteiger charge is -2.13. The molecular formula is C13H26N4. The number of hydrogen-bond acceptors (Lipinski definition) is 3. The van der Waals surface area contributed by atoms with Gasteiger partial charge in [-0.15, -0.1) is 0 Å². The highest BCUT2D eigenvalue weighted by atomic mass is 15.3. The third-order valence-electron chi connectivity index (χ3n) is 2.89. The van der Waals surface area contributed by atoms with Crippen LogP contribution >= 0.6 is 0 Å². The van der Waals surface area contributed by atoms with Crippen molar-refractivity contribution in [1.29, 1.82) is 0 Å². The van der Waals surface area contributed by atoms with Gasteiger partial charge in [0, 0.05) is 13.0 Å². The van der Waals surface area contributed by atoms with E-state index in [4.69, 9.17) is 0 Å². The van der Waals surface area contributed by atoms with E-state index < -0.39 is 0 Å². The fraction of sp³-hybridized carbons (Fsp3) is 0.846. The second kappa shape index (κ2) is 7.43. The number of aromatic nitrogens is 3. The number of hydrogen-bond donors (Lipinski definition) is 1. The molecule has 0 bridgehead atoms. The van der Waals surface area contributed by atoms with Crippen LogP contribution in [0, 0.1) is 11.8 Å². The van der Waals surface area contributed by atoms with E-state index in [0.29, 0.717) is 5.92 Å². The summed E-state index contributed by atoms with van der Waals surface area (Å²) in [6.07, 6.45) is 3.88. The summed E-state index contributed by atoms with van der Waals surface area (Å²) in [5, 5.41) is 7.68. The van der Waals surface area contributed by atoms with Crippen LogP contribution in [0.4, 0.5) is 0 Å². The van der Waals surface area contributed by atoms with E-state index in [1.165, 1.54) is 6.42 Å². The molecule has 1 unspecified atom stereocenters. The van der Waals surface area contributed by atoms with E-state index in [1.807, 2.05) is 4.68 Å². The van der Waals surface area contributed by atoms with Gasteiger partial charge in [-0.25, -0.2) is 4.98 Å². The standard InChI is InChI=1S/C13H26N4/c1-5-17-13(15-10-16-17)8-12(4)6-7-14-9-11(2)3/h10-12,14H,5-9H2,1-4H3. The van der Waals surface area contributed by atoms with Gasteiger partial charge in [-0.1, -0.05) is 20.8 Å². The second-order valence-electron chi connectivity index (χ2n) is 5.19. The van der Waals surface area contributed by atoms with Crippen LogP contribution in [0.3, 0.4) is 0 Å². The summed E-state index contributed by atoms with van der Waals surface area (Å²) in [4.78, 5) is 4.31. The van der Waals surface area contributed by atoms with Gasteiger partial charge in [0.05, 0.1) is 0 Å². The molecule has 1 aromatic heterocycles. The van der Waals surface area contributed by atoms with Crippen LogP contribution in [0.2, 0.25) is 0 Å². The molecule has 0 spiro atoms. The summed E-state index contributed by atoms with van der Waals surface area (Å²) in [6, 6.07) is 0. The molecule has 1 atom stereocenters. The average molecular weight is 238 g/mol. The Morgan fingerprint density at radius 2 is 2.12 bits per heavy atom. The highest BCUT2D eigenvalue weighted by molar-refractivity contribution is 4.86. The third kappa shape index (κ3) is 5.31. The maximum atomic E-state index is 4.31. The van der Waals surface area contributed by atoms with Crippen LogP contribution in [0.15, 0.2) is 6.33 Å². The lowest BCUT2D eigenvalue weighted by Crippen LogP contribution is -2.23. The summed E-state index contributed by atoms with van der Waals surface area (Å²) in [6.45, 7) is 12.0. The van der Waals surface area contributed by atoms with E-state index in [0.717, 1.165) is 37.8 Å². The van der Waals surface area contributed by atoms with E-state index in [-0.39, 0.29) is 0 Å². The first-order chi connectivity index (χ1) is 8.13. The minimum absolute atomic E-state index is 0.657. The summed E-state index contributed by atoms with van der Waals surface area (Å²) in [5.41, 5.74) is 0. The molecule has 0 amide bonds. The molecule has 0 fully saturated rings. The highest BCUT2D eigenvalue weighted by Gasteiger charge is 2.08. The van der Waals surface area contributed by atoms with Gasteiger partial charge >= 0.3 is 0 Å². The predicted octanol–water partition coefficient (Wildman–Crippen LogP) is 2.11. The first-order valence-electron chi connectivity index (χ1n) is 6.70. The molecule has 0 radical (unpaired) electrons. The Labute approximate surface area is 105 Å². The van der Waals surface area contributed by atoms with E-state index in [9.17, 15) is 0 Å². The lowest BCUT2D eigenvalue weighted by atomic mass is 10.0. The van der Waals surface area contributed by atoms with Crippen molar-refractivity contribution in [2.24, 2.45) is 11.8 Å². The normalized spacial score (nSPS) is 13.2. The zero-order valence-electron chi connectivity index (χ0n) is 11.6. The largest absolute Gasteiger partial charge is 0.316 e. The zero-order valence-corrected chi connectivity index (χ0v) is 11.6. The zero-order chi connectivity index (χ0) is 12.7. The van der Waals surface area contributed by atoms with Crippen molar-refractivity contribution in [1.82, 2.24) is 20.1 Å². The van der Waals surface area contributed by atoms with Gasteiger partial charge in [-0.05, 0) is 38.3 Å². The molecule has 1 rings (SSSR count). The predicted molar refractivity (Wildman–Crippen MR) is 70.9 cm³/mol.